The summed E-state index contributed by atoms with van der Waals surface area (Å²) >= 11 is 0. The van der Waals surface area contributed by atoms with Crippen LogP contribution in [0.4, 0.5) is 0 Å². The zero-order valence-corrected chi connectivity index (χ0v) is 11.7. The fourth-order valence-corrected chi connectivity index (χ4v) is 2.00. The van der Waals surface area contributed by atoms with Gasteiger partial charge < -0.3 is 19.8 Å². The Labute approximate surface area is 113 Å². The van der Waals surface area contributed by atoms with E-state index in [9.17, 15) is 0 Å². The van der Waals surface area contributed by atoms with Gasteiger partial charge >= 0.3 is 0 Å². The first kappa shape index (κ1) is 13.4. The molecule has 0 aliphatic carbocycles. The maximum Gasteiger partial charge on any atom is 0.123 e. The van der Waals surface area contributed by atoms with Crippen molar-refractivity contribution >= 4 is 0 Å². The normalized spacial score (nSPS) is 10.5. The third kappa shape index (κ3) is 2.88. The summed E-state index contributed by atoms with van der Waals surface area (Å²) in [5.41, 5.74) is 2.93. The largest absolute Gasteiger partial charge is 0.497 e. The summed E-state index contributed by atoms with van der Waals surface area (Å²) in [6.07, 6.45) is 0. The number of aryl methyl sites for hydroxylation is 1. The van der Waals surface area contributed by atoms with Gasteiger partial charge in [-0.15, -0.1) is 0 Å². The SMILES string of the molecule is CNCc1nc(-c2cc(OC)cc(OC)c2)c(C)[nH]1. The topological polar surface area (TPSA) is 59.2 Å². The molecule has 2 aromatic rings. The molecule has 0 saturated heterocycles. The summed E-state index contributed by atoms with van der Waals surface area (Å²) in [5.74, 6) is 2.43. The highest BCUT2D eigenvalue weighted by Gasteiger charge is 2.11. The fourth-order valence-electron chi connectivity index (χ4n) is 2.00. The summed E-state index contributed by atoms with van der Waals surface area (Å²) in [4.78, 5) is 7.86. The molecule has 102 valence electrons. The molecule has 0 spiro atoms. The molecule has 0 aliphatic heterocycles. The standard InChI is InChI=1S/C14H19N3O2/c1-9-14(17-13(16-9)8-15-2)10-5-11(18-3)7-12(6-10)19-4/h5-7,15H,8H2,1-4H3,(H,16,17). The predicted molar refractivity (Wildman–Crippen MR) is 74.6 cm³/mol. The van der Waals surface area contributed by atoms with Gasteiger partial charge in [0.15, 0.2) is 0 Å². The minimum atomic E-state index is 0.710. The lowest BCUT2D eigenvalue weighted by atomic mass is 10.1. The second kappa shape index (κ2) is 5.75. The van der Waals surface area contributed by atoms with Crippen LogP contribution in [0.15, 0.2) is 18.2 Å². The molecule has 0 saturated carbocycles. The van der Waals surface area contributed by atoms with Gasteiger partial charge in [-0.05, 0) is 26.1 Å². The number of hydrogen-bond acceptors (Lipinski definition) is 4. The van der Waals surface area contributed by atoms with E-state index in [1.54, 1.807) is 14.2 Å². The Morgan fingerprint density at radius 2 is 1.79 bits per heavy atom. The third-order valence-corrected chi connectivity index (χ3v) is 2.90. The fraction of sp³-hybridized carbons (Fsp3) is 0.357. The summed E-state index contributed by atoms with van der Waals surface area (Å²) in [6, 6.07) is 5.75. The first-order valence-corrected chi connectivity index (χ1v) is 6.11. The Hall–Kier alpha value is -2.01. The number of methoxy groups -OCH3 is 2. The number of aromatic nitrogens is 2. The highest BCUT2D eigenvalue weighted by molar-refractivity contribution is 5.66. The van der Waals surface area contributed by atoms with Gasteiger partial charge in [0, 0.05) is 17.3 Å². The quantitative estimate of drug-likeness (QED) is 0.865. The number of ether oxygens (including phenoxy) is 2. The second-order valence-corrected chi connectivity index (χ2v) is 4.29. The molecule has 0 atom stereocenters. The number of aromatic amines is 1. The van der Waals surface area contributed by atoms with Gasteiger partial charge in [0.25, 0.3) is 0 Å². The van der Waals surface area contributed by atoms with Crippen molar-refractivity contribution in [3.8, 4) is 22.8 Å². The van der Waals surface area contributed by atoms with Crippen LogP contribution in [0.25, 0.3) is 11.3 Å². The van der Waals surface area contributed by atoms with Gasteiger partial charge in [-0.3, -0.25) is 0 Å². The van der Waals surface area contributed by atoms with E-state index in [0.717, 1.165) is 34.3 Å². The van der Waals surface area contributed by atoms with Gasteiger partial charge in [0.1, 0.15) is 17.3 Å². The molecule has 0 amide bonds. The van der Waals surface area contributed by atoms with Crippen molar-refractivity contribution in [2.24, 2.45) is 0 Å². The van der Waals surface area contributed by atoms with E-state index in [-0.39, 0.29) is 0 Å². The van der Waals surface area contributed by atoms with Crippen molar-refractivity contribution in [2.45, 2.75) is 13.5 Å². The molecule has 19 heavy (non-hydrogen) atoms. The zero-order chi connectivity index (χ0) is 13.8. The molecular weight excluding hydrogens is 242 g/mol. The Bertz CT molecular complexity index is 542. The number of benzene rings is 1. The van der Waals surface area contributed by atoms with E-state index in [0.29, 0.717) is 6.54 Å². The number of nitrogens with one attached hydrogen (secondary N) is 2. The second-order valence-electron chi connectivity index (χ2n) is 4.29. The number of rotatable bonds is 5. The average molecular weight is 261 g/mol. The van der Waals surface area contributed by atoms with E-state index < -0.39 is 0 Å². The summed E-state index contributed by atoms with van der Waals surface area (Å²) in [5, 5.41) is 3.08. The van der Waals surface area contributed by atoms with Crippen LogP contribution in [0.2, 0.25) is 0 Å². The molecule has 0 aliphatic rings. The Kier molecular flexibility index (Phi) is 4.06. The molecule has 0 bridgehead atoms. The van der Waals surface area contributed by atoms with Crippen LogP contribution in [0.3, 0.4) is 0 Å². The molecule has 5 nitrogen and oxygen atoms in total. The van der Waals surface area contributed by atoms with Crippen molar-refractivity contribution in [2.75, 3.05) is 21.3 Å². The van der Waals surface area contributed by atoms with Crippen LogP contribution in [-0.4, -0.2) is 31.2 Å². The first-order valence-electron chi connectivity index (χ1n) is 6.11. The van der Waals surface area contributed by atoms with Crippen LogP contribution >= 0.6 is 0 Å². The van der Waals surface area contributed by atoms with Gasteiger partial charge in [0.05, 0.1) is 26.5 Å². The molecule has 1 heterocycles. The van der Waals surface area contributed by atoms with Crippen LogP contribution in [0.1, 0.15) is 11.5 Å². The lowest BCUT2D eigenvalue weighted by molar-refractivity contribution is 0.394. The van der Waals surface area contributed by atoms with E-state index in [4.69, 9.17) is 9.47 Å². The average Bonchev–Trinajstić information content (AvgIpc) is 2.79. The number of imidazole rings is 1. The van der Waals surface area contributed by atoms with E-state index >= 15 is 0 Å². The maximum absolute atomic E-state index is 5.28. The zero-order valence-electron chi connectivity index (χ0n) is 11.7. The van der Waals surface area contributed by atoms with Crippen LogP contribution < -0.4 is 14.8 Å². The van der Waals surface area contributed by atoms with Gasteiger partial charge in [-0.25, -0.2) is 4.98 Å². The molecule has 1 aromatic heterocycles. The van der Waals surface area contributed by atoms with Crippen LogP contribution in [-0.2, 0) is 6.54 Å². The van der Waals surface area contributed by atoms with Crippen molar-refractivity contribution in [1.29, 1.82) is 0 Å². The Morgan fingerprint density at radius 1 is 1.16 bits per heavy atom. The number of H-pyrrole nitrogens is 1. The molecule has 0 unspecified atom stereocenters. The minimum Gasteiger partial charge on any atom is -0.497 e. The van der Waals surface area contributed by atoms with Crippen molar-refractivity contribution < 1.29 is 9.47 Å². The van der Waals surface area contributed by atoms with E-state index in [2.05, 4.69) is 15.3 Å². The third-order valence-electron chi connectivity index (χ3n) is 2.90. The van der Waals surface area contributed by atoms with Crippen LogP contribution in [0.5, 0.6) is 11.5 Å². The highest BCUT2D eigenvalue weighted by Crippen LogP contribution is 2.30. The first-order chi connectivity index (χ1) is 9.17. The van der Waals surface area contributed by atoms with Gasteiger partial charge in [-0.1, -0.05) is 0 Å². The lowest BCUT2D eigenvalue weighted by Gasteiger charge is -2.07. The van der Waals surface area contributed by atoms with Crippen LogP contribution in [0, 0.1) is 6.92 Å². The van der Waals surface area contributed by atoms with Gasteiger partial charge in [0.2, 0.25) is 0 Å². The number of nitrogens with zero attached hydrogens (tertiary/aromatic N) is 1. The Balaban J connectivity index is 2.45. The molecule has 0 radical (unpaired) electrons. The highest BCUT2D eigenvalue weighted by atomic mass is 16.5. The summed E-state index contributed by atoms with van der Waals surface area (Å²) in [6.45, 7) is 2.72. The Morgan fingerprint density at radius 3 is 2.32 bits per heavy atom. The molecule has 2 rings (SSSR count). The molecule has 0 fully saturated rings. The van der Waals surface area contributed by atoms with Crippen molar-refractivity contribution in [1.82, 2.24) is 15.3 Å². The summed E-state index contributed by atoms with van der Waals surface area (Å²) < 4.78 is 10.6. The van der Waals surface area contributed by atoms with Crippen molar-refractivity contribution in [3.63, 3.8) is 0 Å². The smallest absolute Gasteiger partial charge is 0.123 e. The molecule has 2 N–H and O–H groups in total. The van der Waals surface area contributed by atoms with Crippen molar-refractivity contribution in [3.05, 3.63) is 29.7 Å². The summed E-state index contributed by atoms with van der Waals surface area (Å²) in [7, 11) is 5.18. The van der Waals surface area contributed by atoms with E-state index in [1.165, 1.54) is 0 Å². The predicted octanol–water partition coefficient (Wildman–Crippen LogP) is 2.12. The van der Waals surface area contributed by atoms with Gasteiger partial charge in [-0.2, -0.15) is 0 Å². The maximum atomic E-state index is 5.28. The minimum absolute atomic E-state index is 0.710. The van der Waals surface area contributed by atoms with E-state index in [1.807, 2.05) is 32.2 Å². The monoisotopic (exact) mass is 261 g/mol. The number of hydrogen-bond donors (Lipinski definition) is 2. The lowest BCUT2D eigenvalue weighted by Crippen LogP contribution is -2.06. The molecular formula is C14H19N3O2. The molecule has 1 aromatic carbocycles. The molecule has 5 heteroatoms.